The van der Waals surface area contributed by atoms with Gasteiger partial charge in [-0.3, -0.25) is 0 Å². The van der Waals surface area contributed by atoms with Crippen LogP contribution in [0.25, 0.3) is 11.1 Å². The van der Waals surface area contributed by atoms with Gasteiger partial charge in [-0.25, -0.2) is 8.78 Å². The van der Waals surface area contributed by atoms with Crippen LogP contribution in [0.2, 0.25) is 20.1 Å². The predicted molar refractivity (Wildman–Crippen MR) is 76.9 cm³/mol. The fourth-order valence-electron chi connectivity index (χ4n) is 1.72. The van der Waals surface area contributed by atoms with Crippen molar-refractivity contribution in [3.63, 3.8) is 0 Å². The molecule has 0 amide bonds. The van der Waals surface area contributed by atoms with Crippen LogP contribution in [-0.2, 0) is 0 Å². The molecule has 0 nitrogen and oxygen atoms in total. The standard InChI is InChI=1S/C13H6Cl4F2/c14-8-3-1-2-6(12(8)13(18)19)7-4-10(16)11(17)5-9(7)15/h1-5,13H. The van der Waals surface area contributed by atoms with E-state index in [1.165, 1.54) is 24.3 Å². The summed E-state index contributed by atoms with van der Waals surface area (Å²) in [6.45, 7) is 0. The SMILES string of the molecule is FC(F)c1c(Cl)cccc1-c1cc(Cl)c(Cl)cc1Cl. The topological polar surface area (TPSA) is 0 Å². The van der Waals surface area contributed by atoms with Gasteiger partial charge in [0.15, 0.2) is 0 Å². The van der Waals surface area contributed by atoms with Crippen molar-refractivity contribution in [2.24, 2.45) is 0 Å². The minimum atomic E-state index is -2.71. The molecule has 0 saturated carbocycles. The Morgan fingerprint density at radius 1 is 0.737 bits per heavy atom. The molecule has 19 heavy (non-hydrogen) atoms. The van der Waals surface area contributed by atoms with Gasteiger partial charge in [0.2, 0.25) is 0 Å². The van der Waals surface area contributed by atoms with E-state index >= 15 is 0 Å². The molecule has 6 heteroatoms. The van der Waals surface area contributed by atoms with Crippen LogP contribution < -0.4 is 0 Å². The zero-order valence-electron chi connectivity index (χ0n) is 9.23. The third kappa shape index (κ3) is 2.97. The molecule has 0 aliphatic carbocycles. The Morgan fingerprint density at radius 3 is 2.00 bits per heavy atom. The first-order valence-corrected chi connectivity index (χ1v) is 6.64. The maximum Gasteiger partial charge on any atom is 0.265 e. The summed E-state index contributed by atoms with van der Waals surface area (Å²) in [6.07, 6.45) is -2.71. The van der Waals surface area contributed by atoms with E-state index in [1.54, 1.807) is 6.07 Å². The fraction of sp³-hybridized carbons (Fsp3) is 0.0769. The summed E-state index contributed by atoms with van der Waals surface area (Å²) in [4.78, 5) is 0. The van der Waals surface area contributed by atoms with E-state index in [-0.39, 0.29) is 31.2 Å². The molecule has 2 aromatic carbocycles. The molecule has 0 heterocycles. The highest BCUT2D eigenvalue weighted by atomic mass is 35.5. The lowest BCUT2D eigenvalue weighted by Crippen LogP contribution is -1.92. The van der Waals surface area contributed by atoms with Crippen LogP contribution in [0.5, 0.6) is 0 Å². The van der Waals surface area contributed by atoms with E-state index in [2.05, 4.69) is 0 Å². The van der Waals surface area contributed by atoms with Crippen LogP contribution in [0.1, 0.15) is 12.0 Å². The molecule has 0 saturated heterocycles. The summed E-state index contributed by atoms with van der Waals surface area (Å²) in [6, 6.07) is 7.35. The van der Waals surface area contributed by atoms with Gasteiger partial charge in [-0.1, -0.05) is 58.5 Å². The van der Waals surface area contributed by atoms with Crippen LogP contribution in [-0.4, -0.2) is 0 Å². The van der Waals surface area contributed by atoms with Crippen LogP contribution in [0.4, 0.5) is 8.78 Å². The van der Waals surface area contributed by atoms with Gasteiger partial charge in [0.25, 0.3) is 6.43 Å². The highest BCUT2D eigenvalue weighted by molar-refractivity contribution is 6.44. The summed E-state index contributed by atoms with van der Waals surface area (Å²) in [5, 5.41) is 0.713. The van der Waals surface area contributed by atoms with Crippen LogP contribution in [0.3, 0.4) is 0 Å². The molecule has 0 unspecified atom stereocenters. The molecule has 0 fully saturated rings. The van der Waals surface area contributed by atoms with Gasteiger partial charge in [0.1, 0.15) is 0 Å². The van der Waals surface area contributed by atoms with E-state index in [1.807, 2.05) is 0 Å². The number of alkyl halides is 2. The Morgan fingerprint density at radius 2 is 1.37 bits per heavy atom. The zero-order chi connectivity index (χ0) is 14.2. The van der Waals surface area contributed by atoms with Crippen LogP contribution in [0, 0.1) is 0 Å². The summed E-state index contributed by atoms with van der Waals surface area (Å²) < 4.78 is 26.2. The molecule has 0 aliphatic rings. The van der Waals surface area contributed by atoms with Crippen molar-refractivity contribution in [3.05, 3.63) is 56.0 Å². The summed E-state index contributed by atoms with van der Waals surface area (Å²) in [7, 11) is 0. The molecule has 100 valence electrons. The average Bonchev–Trinajstić information content (AvgIpc) is 2.33. The van der Waals surface area contributed by atoms with Crippen molar-refractivity contribution in [1.29, 1.82) is 0 Å². The van der Waals surface area contributed by atoms with Crippen LogP contribution >= 0.6 is 46.4 Å². The van der Waals surface area contributed by atoms with Crippen molar-refractivity contribution >= 4 is 46.4 Å². The monoisotopic (exact) mass is 340 g/mol. The van der Waals surface area contributed by atoms with E-state index in [0.29, 0.717) is 5.56 Å². The van der Waals surface area contributed by atoms with Crippen molar-refractivity contribution in [2.45, 2.75) is 6.43 Å². The van der Waals surface area contributed by atoms with Crippen molar-refractivity contribution in [2.75, 3.05) is 0 Å². The Labute approximate surface area is 128 Å². The Bertz CT molecular complexity index is 626. The molecule has 0 spiro atoms. The van der Waals surface area contributed by atoms with Gasteiger partial charge < -0.3 is 0 Å². The predicted octanol–water partition coefficient (Wildman–Crippen LogP) is 6.90. The number of halogens is 6. The number of hydrogen-bond donors (Lipinski definition) is 0. The van der Waals surface area contributed by atoms with Crippen LogP contribution in [0.15, 0.2) is 30.3 Å². The smallest absolute Gasteiger partial charge is 0.205 e. The highest BCUT2D eigenvalue weighted by Crippen LogP contribution is 2.41. The molecule has 0 bridgehead atoms. The third-order valence-electron chi connectivity index (χ3n) is 2.57. The number of benzene rings is 2. The van der Waals surface area contributed by atoms with Gasteiger partial charge in [-0.05, 0) is 23.8 Å². The molecule has 0 aromatic heterocycles. The summed E-state index contributed by atoms with van der Waals surface area (Å²) >= 11 is 23.6. The Kier molecular flexibility index (Phi) is 4.57. The van der Waals surface area contributed by atoms with E-state index in [0.717, 1.165) is 0 Å². The second-order valence-electron chi connectivity index (χ2n) is 3.75. The molecule has 2 rings (SSSR count). The lowest BCUT2D eigenvalue weighted by molar-refractivity contribution is 0.152. The van der Waals surface area contributed by atoms with E-state index in [4.69, 9.17) is 46.4 Å². The summed E-state index contributed by atoms with van der Waals surface area (Å²) in [5.74, 6) is 0. The molecule has 0 N–H and O–H groups in total. The second-order valence-corrected chi connectivity index (χ2v) is 5.38. The van der Waals surface area contributed by atoms with Gasteiger partial charge >= 0.3 is 0 Å². The lowest BCUT2D eigenvalue weighted by Gasteiger charge is -2.13. The Balaban J connectivity index is 2.72. The maximum absolute atomic E-state index is 13.1. The summed E-state index contributed by atoms with van der Waals surface area (Å²) in [5.41, 5.74) is 0.337. The molecule has 0 atom stereocenters. The first-order chi connectivity index (χ1) is 8.91. The van der Waals surface area contributed by atoms with E-state index < -0.39 is 6.43 Å². The minimum absolute atomic E-state index is 0.0189. The van der Waals surface area contributed by atoms with Crippen molar-refractivity contribution in [3.8, 4) is 11.1 Å². The number of hydrogen-bond acceptors (Lipinski definition) is 0. The van der Waals surface area contributed by atoms with Gasteiger partial charge in [-0.15, -0.1) is 0 Å². The molecular formula is C13H6Cl4F2. The highest BCUT2D eigenvalue weighted by Gasteiger charge is 2.20. The molecular weight excluding hydrogens is 336 g/mol. The molecule has 2 aromatic rings. The Hall–Kier alpha value is -0.540. The van der Waals surface area contributed by atoms with Crippen molar-refractivity contribution < 1.29 is 8.78 Å². The second kappa shape index (κ2) is 5.84. The van der Waals surface area contributed by atoms with Gasteiger partial charge in [0, 0.05) is 16.1 Å². The van der Waals surface area contributed by atoms with Gasteiger partial charge in [-0.2, -0.15) is 0 Å². The van der Waals surface area contributed by atoms with E-state index in [9.17, 15) is 8.78 Å². The third-order valence-corrected chi connectivity index (χ3v) is 3.94. The first kappa shape index (κ1) is 14.9. The van der Waals surface area contributed by atoms with Crippen molar-refractivity contribution in [1.82, 2.24) is 0 Å². The number of rotatable bonds is 2. The largest absolute Gasteiger partial charge is 0.265 e. The normalized spacial score (nSPS) is 11.1. The minimum Gasteiger partial charge on any atom is -0.205 e. The quantitative estimate of drug-likeness (QED) is 0.521. The fourth-order valence-corrected chi connectivity index (χ4v) is 2.63. The molecule has 0 aliphatic heterocycles. The van der Waals surface area contributed by atoms with Gasteiger partial charge in [0.05, 0.1) is 15.1 Å². The first-order valence-electron chi connectivity index (χ1n) is 5.13. The maximum atomic E-state index is 13.1. The lowest BCUT2D eigenvalue weighted by atomic mass is 10.00. The molecule has 0 radical (unpaired) electrons. The average molecular weight is 342 g/mol. The zero-order valence-corrected chi connectivity index (χ0v) is 12.3.